The van der Waals surface area contributed by atoms with E-state index < -0.39 is 40.1 Å². The number of nitrogens with zero attached hydrogens (tertiary/aromatic N) is 4. The van der Waals surface area contributed by atoms with Crippen molar-refractivity contribution in [3.05, 3.63) is 20.2 Å². The molecule has 0 spiro atoms. The first-order chi connectivity index (χ1) is 12.1. The molecule has 0 aromatic heterocycles. The Bertz CT molecular complexity index is 575. The van der Waals surface area contributed by atoms with E-state index in [1.807, 2.05) is 10.9 Å². The number of nitrogens with one attached hydrogen (secondary N) is 8. The van der Waals surface area contributed by atoms with E-state index >= 15 is 0 Å². The molecule has 0 saturated carbocycles. The first kappa shape index (κ1) is 21.1. The number of guanidine groups is 2. The lowest BCUT2D eigenvalue weighted by molar-refractivity contribution is -0.485. The summed E-state index contributed by atoms with van der Waals surface area (Å²) >= 11 is 0. The van der Waals surface area contributed by atoms with Crippen molar-refractivity contribution in [2.75, 3.05) is 0 Å². The van der Waals surface area contributed by atoms with Gasteiger partial charge in [0.05, 0.1) is 0 Å². The lowest BCUT2D eigenvalue weighted by Crippen LogP contribution is -2.59. The average Bonchev–Trinajstić information content (AvgIpc) is 2.53. The van der Waals surface area contributed by atoms with Gasteiger partial charge in [-0.3, -0.25) is 10.9 Å². The summed E-state index contributed by atoms with van der Waals surface area (Å²) in [6, 6.07) is -3.37. The highest BCUT2D eigenvalue weighted by Crippen LogP contribution is 1.68. The van der Waals surface area contributed by atoms with Crippen molar-refractivity contribution < 1.29 is 24.4 Å². The van der Waals surface area contributed by atoms with Crippen LogP contribution in [0, 0.1) is 20.2 Å². The third kappa shape index (κ3) is 11.8. The van der Waals surface area contributed by atoms with Crippen LogP contribution in [0.1, 0.15) is 0 Å². The highest BCUT2D eigenvalue weighted by molar-refractivity contribution is 5.85. The molecule has 0 radical (unpaired) electrons. The van der Waals surface area contributed by atoms with Crippen LogP contribution >= 0.6 is 0 Å². The van der Waals surface area contributed by atoms with Gasteiger partial charge >= 0.3 is 18.1 Å². The van der Waals surface area contributed by atoms with Crippen molar-refractivity contribution in [1.82, 2.24) is 43.4 Å². The molecule has 0 rings (SSSR count). The van der Waals surface area contributed by atoms with Crippen LogP contribution in [-0.2, 0) is 0 Å². The van der Waals surface area contributed by atoms with Crippen molar-refractivity contribution in [2.45, 2.75) is 0 Å². The molecule has 0 aromatic carbocycles. The third-order valence-corrected chi connectivity index (χ3v) is 1.57. The number of hydrogen-bond donors (Lipinski definition) is 10. The Balaban J connectivity index is 3.98. The smallest absolute Gasteiger partial charge is 0.352 e. The molecule has 0 saturated heterocycles. The first-order valence-electron chi connectivity index (χ1n) is 5.77. The number of hydrazine groups is 4. The number of carbonyl (C=O) groups is 3. The summed E-state index contributed by atoms with van der Waals surface area (Å²) in [6.45, 7) is 0. The van der Waals surface area contributed by atoms with Crippen LogP contribution in [0.5, 0.6) is 0 Å². The van der Waals surface area contributed by atoms with Crippen LogP contribution in [0.15, 0.2) is 10.2 Å². The van der Waals surface area contributed by atoms with Crippen LogP contribution in [-0.4, -0.2) is 40.1 Å². The van der Waals surface area contributed by atoms with E-state index in [-0.39, 0.29) is 0 Å². The van der Waals surface area contributed by atoms with Gasteiger partial charge in [0, 0.05) is 0 Å². The molecule has 21 heteroatoms. The number of rotatable bonds is 2. The number of amides is 6. The Morgan fingerprint density at radius 1 is 0.615 bits per heavy atom. The molecular formula is C5H12N14O7. The van der Waals surface area contributed by atoms with E-state index in [1.165, 1.54) is 0 Å². The summed E-state index contributed by atoms with van der Waals surface area (Å²) in [5, 5.41) is 22.8. The molecule has 21 nitrogen and oxygen atoms in total. The van der Waals surface area contributed by atoms with Gasteiger partial charge in [-0.15, -0.1) is 0 Å². The zero-order valence-corrected chi connectivity index (χ0v) is 12.3. The van der Waals surface area contributed by atoms with Gasteiger partial charge in [-0.05, 0) is 0 Å². The molecule has 0 aliphatic heterocycles. The molecule has 0 fully saturated rings. The summed E-state index contributed by atoms with van der Waals surface area (Å²) in [6.07, 6.45) is 0. The number of hydrazone groups is 2. The number of nitro groups is 2. The maximum absolute atomic E-state index is 11.2. The second-order valence-corrected chi connectivity index (χ2v) is 3.43. The minimum Gasteiger partial charge on any atom is -0.363 e. The normalized spacial score (nSPS) is 10.6. The third-order valence-electron chi connectivity index (χ3n) is 1.57. The van der Waals surface area contributed by atoms with E-state index in [4.69, 9.17) is 11.5 Å². The summed E-state index contributed by atoms with van der Waals surface area (Å²) < 4.78 is 0. The lowest BCUT2D eigenvalue weighted by Gasteiger charge is -2.11. The summed E-state index contributed by atoms with van der Waals surface area (Å²) in [5.41, 5.74) is 24.0. The number of hydrogen-bond acceptors (Lipinski definition) is 7. The zero-order chi connectivity index (χ0) is 20.1. The van der Waals surface area contributed by atoms with Crippen molar-refractivity contribution in [2.24, 2.45) is 21.7 Å². The largest absolute Gasteiger partial charge is 0.363 e. The SMILES string of the molecule is N/C(=N\[N+](=O)[O-])NNC(=O)NNC(=O)NNC(=O)NN/C(N)=N/[N+](=O)[O-]. The first-order valence-corrected chi connectivity index (χ1v) is 5.77. The summed E-state index contributed by atoms with van der Waals surface area (Å²) in [4.78, 5) is 53.4. The Morgan fingerprint density at radius 2 is 0.846 bits per heavy atom. The minimum atomic E-state index is -1.14. The average molecular weight is 380 g/mol. The van der Waals surface area contributed by atoms with Crippen LogP contribution in [0.3, 0.4) is 0 Å². The van der Waals surface area contributed by atoms with Gasteiger partial charge in [0.2, 0.25) is 0 Å². The second-order valence-electron chi connectivity index (χ2n) is 3.43. The Morgan fingerprint density at radius 3 is 1.08 bits per heavy atom. The van der Waals surface area contributed by atoms with Gasteiger partial charge in [-0.25, -0.2) is 67.2 Å². The zero-order valence-electron chi connectivity index (χ0n) is 12.3. The van der Waals surface area contributed by atoms with Crippen LogP contribution < -0.4 is 54.9 Å². The maximum Gasteiger partial charge on any atom is 0.352 e. The predicted octanol–water partition coefficient (Wildman–Crippen LogP) is -5.26. The molecule has 0 aliphatic carbocycles. The Kier molecular flexibility index (Phi) is 8.79. The molecular weight excluding hydrogens is 368 g/mol. The summed E-state index contributed by atoms with van der Waals surface area (Å²) in [5.74, 6) is -1.50. The lowest BCUT2D eigenvalue weighted by atomic mass is 11.0. The number of urea groups is 3. The molecule has 0 heterocycles. The van der Waals surface area contributed by atoms with E-state index in [1.54, 1.807) is 32.6 Å². The summed E-state index contributed by atoms with van der Waals surface area (Å²) in [7, 11) is 0. The standard InChI is InChI=1S/C5H12N14O7/c6-1(16-18(23)24)8-10-3(20)12-14-5(22)15-13-4(21)11-9-2(7)17-19(25)26/h(H3,6,8,16)(H3,7,9,17)(H2,10,12,20)(H2,11,13,21)(H2,14,15,22). The molecule has 26 heavy (non-hydrogen) atoms. The topological polar surface area (TPSA) is 310 Å². The monoisotopic (exact) mass is 380 g/mol. The molecule has 12 N–H and O–H groups in total. The van der Waals surface area contributed by atoms with Gasteiger partial charge < -0.3 is 11.5 Å². The maximum atomic E-state index is 11.2. The fourth-order valence-corrected chi connectivity index (χ4v) is 0.788. The van der Waals surface area contributed by atoms with Crippen molar-refractivity contribution >= 4 is 30.0 Å². The molecule has 0 atom stereocenters. The number of carbonyl (C=O) groups excluding carboxylic acids is 3. The van der Waals surface area contributed by atoms with Gasteiger partial charge in [0.15, 0.2) is 10.1 Å². The van der Waals surface area contributed by atoms with Gasteiger partial charge in [-0.1, -0.05) is 0 Å². The fourth-order valence-electron chi connectivity index (χ4n) is 0.788. The highest BCUT2D eigenvalue weighted by Gasteiger charge is 2.07. The van der Waals surface area contributed by atoms with Gasteiger partial charge in [-0.2, -0.15) is 0 Å². The minimum absolute atomic E-state index is 0.750. The van der Waals surface area contributed by atoms with E-state index in [0.29, 0.717) is 0 Å². The highest BCUT2D eigenvalue weighted by atomic mass is 16.7. The Hall–Kier alpha value is -4.85. The predicted molar refractivity (Wildman–Crippen MR) is 78.5 cm³/mol. The molecule has 0 aromatic rings. The molecule has 144 valence electrons. The molecule has 0 unspecified atom stereocenters. The Labute approximate surface area is 141 Å². The van der Waals surface area contributed by atoms with Gasteiger partial charge in [0.25, 0.3) is 11.9 Å². The molecule has 0 aliphatic rings. The van der Waals surface area contributed by atoms with E-state index in [0.717, 1.165) is 0 Å². The van der Waals surface area contributed by atoms with Gasteiger partial charge in [0.1, 0.15) is 10.2 Å². The van der Waals surface area contributed by atoms with E-state index in [9.17, 15) is 34.6 Å². The van der Waals surface area contributed by atoms with Crippen LogP contribution in [0.25, 0.3) is 0 Å². The molecule has 6 amide bonds. The van der Waals surface area contributed by atoms with Crippen molar-refractivity contribution in [1.29, 1.82) is 0 Å². The van der Waals surface area contributed by atoms with Crippen LogP contribution in [0.2, 0.25) is 0 Å². The number of nitrogens with two attached hydrogens (primary N) is 2. The van der Waals surface area contributed by atoms with Crippen LogP contribution in [0.4, 0.5) is 14.4 Å². The fraction of sp³-hybridized carbons (Fsp3) is 0. The molecule has 0 bridgehead atoms. The quantitative estimate of drug-likeness (QED) is 0.0932. The van der Waals surface area contributed by atoms with E-state index in [2.05, 4.69) is 10.2 Å². The second kappa shape index (κ2) is 10.8. The van der Waals surface area contributed by atoms with Crippen molar-refractivity contribution in [3.8, 4) is 0 Å². The van der Waals surface area contributed by atoms with Crippen molar-refractivity contribution in [3.63, 3.8) is 0 Å².